The number of thiazole rings is 1. The van der Waals surface area contributed by atoms with Crippen LogP contribution in [0.5, 0.6) is 5.75 Å². The first-order chi connectivity index (χ1) is 17.4. The molecule has 0 saturated heterocycles. The van der Waals surface area contributed by atoms with Gasteiger partial charge < -0.3 is 19.9 Å². The van der Waals surface area contributed by atoms with Gasteiger partial charge in [0, 0.05) is 22.3 Å². The summed E-state index contributed by atoms with van der Waals surface area (Å²) in [6, 6.07) is 10.5. The Balaban J connectivity index is 1.36. The van der Waals surface area contributed by atoms with Gasteiger partial charge in [0.1, 0.15) is 11.4 Å². The summed E-state index contributed by atoms with van der Waals surface area (Å²) in [4.78, 5) is 16.7. The number of amides is 1. The standard InChI is InChI=1S/C22H18F3N5O5S2/c1-12-13(2)29-35-20(12)30-37(32,33)17-9-5-14(6-10-17)26-19(31)18-11-36-21(28-18)27-15-3-7-16(8-4-15)34-22(23,24)25/h3-11,30H,1-2H3,(H,26,31)(H,27,28). The zero-order chi connectivity index (χ0) is 26.8. The topological polar surface area (TPSA) is 135 Å². The number of ether oxygens (including phenoxy) is 1. The van der Waals surface area contributed by atoms with E-state index in [4.69, 9.17) is 4.52 Å². The number of carbonyl (C=O) groups excluding carboxylic acids is 1. The lowest BCUT2D eigenvalue weighted by molar-refractivity contribution is -0.274. The first-order valence-corrected chi connectivity index (χ1v) is 12.7. The number of rotatable bonds is 8. The highest BCUT2D eigenvalue weighted by molar-refractivity contribution is 7.92. The molecule has 4 rings (SSSR count). The SMILES string of the molecule is Cc1noc(NS(=O)(=O)c2ccc(NC(=O)c3csc(Nc4ccc(OC(F)(F)F)cc4)n3)cc2)c1C. The lowest BCUT2D eigenvalue weighted by atomic mass is 10.3. The summed E-state index contributed by atoms with van der Waals surface area (Å²) in [7, 11) is -3.94. The number of sulfonamides is 1. The molecule has 0 fully saturated rings. The zero-order valence-corrected chi connectivity index (χ0v) is 20.7. The molecule has 10 nitrogen and oxygen atoms in total. The molecular formula is C22H18F3N5O5S2. The smallest absolute Gasteiger partial charge is 0.406 e. The molecule has 4 aromatic rings. The highest BCUT2D eigenvalue weighted by Gasteiger charge is 2.31. The van der Waals surface area contributed by atoms with Crippen molar-refractivity contribution in [3.05, 3.63) is 70.9 Å². The van der Waals surface area contributed by atoms with Gasteiger partial charge in [-0.2, -0.15) is 0 Å². The van der Waals surface area contributed by atoms with Crippen molar-refractivity contribution in [2.45, 2.75) is 25.1 Å². The van der Waals surface area contributed by atoms with Crippen LogP contribution >= 0.6 is 11.3 Å². The van der Waals surface area contributed by atoms with E-state index in [0.717, 1.165) is 23.5 Å². The summed E-state index contributed by atoms with van der Waals surface area (Å²) in [6.45, 7) is 3.36. The highest BCUT2D eigenvalue weighted by atomic mass is 32.2. The average Bonchev–Trinajstić information content (AvgIpc) is 3.42. The van der Waals surface area contributed by atoms with Crippen LogP contribution in [0.25, 0.3) is 0 Å². The fraction of sp³-hybridized carbons (Fsp3) is 0.136. The monoisotopic (exact) mass is 553 g/mol. The molecule has 0 aliphatic carbocycles. The molecule has 0 aliphatic rings. The minimum Gasteiger partial charge on any atom is -0.406 e. The predicted molar refractivity (Wildman–Crippen MR) is 130 cm³/mol. The molecule has 0 atom stereocenters. The number of alkyl halides is 3. The van der Waals surface area contributed by atoms with Crippen LogP contribution in [0.4, 0.5) is 35.6 Å². The Morgan fingerprint density at radius 1 is 1.03 bits per heavy atom. The van der Waals surface area contributed by atoms with Crippen LogP contribution in [0.15, 0.2) is 63.3 Å². The molecule has 2 heterocycles. The zero-order valence-electron chi connectivity index (χ0n) is 19.1. The van der Waals surface area contributed by atoms with Crippen molar-refractivity contribution in [3.63, 3.8) is 0 Å². The summed E-state index contributed by atoms with van der Waals surface area (Å²) < 4.78 is 73.1. The second-order valence-electron chi connectivity index (χ2n) is 7.54. The van der Waals surface area contributed by atoms with Gasteiger partial charge in [0.15, 0.2) is 5.13 Å². The van der Waals surface area contributed by atoms with E-state index in [1.165, 1.54) is 41.8 Å². The van der Waals surface area contributed by atoms with Gasteiger partial charge in [-0.1, -0.05) is 5.16 Å². The number of aromatic nitrogens is 2. The van der Waals surface area contributed by atoms with E-state index in [1.807, 2.05) is 0 Å². The molecule has 2 aromatic heterocycles. The lowest BCUT2D eigenvalue weighted by Crippen LogP contribution is -2.16. The molecule has 0 spiro atoms. The van der Waals surface area contributed by atoms with Crippen LogP contribution in [-0.2, 0) is 10.0 Å². The molecule has 3 N–H and O–H groups in total. The first-order valence-electron chi connectivity index (χ1n) is 10.3. The van der Waals surface area contributed by atoms with Gasteiger partial charge >= 0.3 is 6.36 Å². The van der Waals surface area contributed by atoms with Crippen LogP contribution in [0, 0.1) is 13.8 Å². The number of hydrogen-bond acceptors (Lipinski definition) is 9. The molecular weight excluding hydrogens is 535 g/mol. The van der Waals surface area contributed by atoms with Crippen molar-refractivity contribution >= 4 is 49.7 Å². The molecule has 0 radical (unpaired) electrons. The molecule has 0 unspecified atom stereocenters. The maximum Gasteiger partial charge on any atom is 0.573 e. The van der Waals surface area contributed by atoms with Gasteiger partial charge in [0.25, 0.3) is 15.9 Å². The Bertz CT molecular complexity index is 1520. The van der Waals surface area contributed by atoms with Crippen LogP contribution in [0.2, 0.25) is 0 Å². The van der Waals surface area contributed by atoms with Crippen molar-refractivity contribution in [3.8, 4) is 5.75 Å². The van der Waals surface area contributed by atoms with Crippen molar-refractivity contribution in [1.82, 2.24) is 10.1 Å². The molecule has 37 heavy (non-hydrogen) atoms. The number of nitrogens with zero attached hydrogens (tertiary/aromatic N) is 2. The summed E-state index contributed by atoms with van der Waals surface area (Å²) in [5.41, 5.74) is 1.98. The Kier molecular flexibility index (Phi) is 7.09. The van der Waals surface area contributed by atoms with Gasteiger partial charge in [-0.3, -0.25) is 4.79 Å². The van der Waals surface area contributed by atoms with Gasteiger partial charge in [-0.15, -0.1) is 24.5 Å². The number of anilines is 4. The van der Waals surface area contributed by atoms with E-state index < -0.39 is 22.3 Å². The minimum atomic E-state index is -4.78. The number of benzene rings is 2. The fourth-order valence-electron chi connectivity index (χ4n) is 2.90. The van der Waals surface area contributed by atoms with Gasteiger partial charge in [0.05, 0.1) is 10.6 Å². The minimum absolute atomic E-state index is 0.0217. The highest BCUT2D eigenvalue weighted by Crippen LogP contribution is 2.27. The van der Waals surface area contributed by atoms with Crippen LogP contribution in [0.1, 0.15) is 21.7 Å². The fourth-order valence-corrected chi connectivity index (χ4v) is 4.66. The number of carbonyl (C=O) groups is 1. The third-order valence-electron chi connectivity index (χ3n) is 4.88. The number of aryl methyl sites for hydroxylation is 1. The van der Waals surface area contributed by atoms with Gasteiger partial charge in [0.2, 0.25) is 5.88 Å². The van der Waals surface area contributed by atoms with E-state index in [1.54, 1.807) is 13.8 Å². The molecule has 1 amide bonds. The number of nitrogens with one attached hydrogen (secondary N) is 3. The van der Waals surface area contributed by atoms with E-state index in [9.17, 15) is 26.4 Å². The van der Waals surface area contributed by atoms with Crippen molar-refractivity contribution in [2.24, 2.45) is 0 Å². The van der Waals surface area contributed by atoms with Crippen molar-refractivity contribution in [1.29, 1.82) is 0 Å². The van der Waals surface area contributed by atoms with Gasteiger partial charge in [-0.25, -0.2) is 18.1 Å². The molecule has 194 valence electrons. The second kappa shape index (κ2) is 10.1. The average molecular weight is 554 g/mol. The van der Waals surface area contributed by atoms with E-state index in [-0.39, 0.29) is 22.2 Å². The second-order valence-corrected chi connectivity index (χ2v) is 10.1. The van der Waals surface area contributed by atoms with Crippen LogP contribution in [-0.4, -0.2) is 30.8 Å². The normalized spacial score (nSPS) is 11.7. The van der Waals surface area contributed by atoms with E-state index >= 15 is 0 Å². The largest absolute Gasteiger partial charge is 0.573 e. The first kappa shape index (κ1) is 26.0. The predicted octanol–water partition coefficient (Wildman–Crippen LogP) is 5.44. The Labute approximate surface area is 212 Å². The Morgan fingerprint density at radius 3 is 2.27 bits per heavy atom. The van der Waals surface area contributed by atoms with E-state index in [0.29, 0.717) is 27.8 Å². The van der Waals surface area contributed by atoms with Gasteiger partial charge in [-0.05, 0) is 62.4 Å². The van der Waals surface area contributed by atoms with Crippen LogP contribution in [0.3, 0.4) is 0 Å². The number of hydrogen-bond donors (Lipinski definition) is 3. The molecule has 0 aliphatic heterocycles. The molecule has 0 bridgehead atoms. The summed E-state index contributed by atoms with van der Waals surface area (Å²) in [6.07, 6.45) is -4.78. The Hall–Kier alpha value is -4.11. The summed E-state index contributed by atoms with van der Waals surface area (Å²) >= 11 is 1.11. The van der Waals surface area contributed by atoms with Crippen molar-refractivity contribution < 1.29 is 35.6 Å². The quantitative estimate of drug-likeness (QED) is 0.262. The summed E-state index contributed by atoms with van der Waals surface area (Å²) in [5.74, 6) is -0.886. The van der Waals surface area contributed by atoms with Crippen molar-refractivity contribution in [2.75, 3.05) is 15.4 Å². The molecule has 15 heteroatoms. The third kappa shape index (κ3) is 6.56. The summed E-state index contributed by atoms with van der Waals surface area (Å²) in [5, 5.41) is 11.0. The lowest BCUT2D eigenvalue weighted by Gasteiger charge is -2.09. The Morgan fingerprint density at radius 2 is 1.68 bits per heavy atom. The third-order valence-corrected chi connectivity index (χ3v) is 6.99. The van der Waals surface area contributed by atoms with E-state index in [2.05, 4.69) is 30.2 Å². The maximum absolute atomic E-state index is 12.6. The van der Waals surface area contributed by atoms with Crippen LogP contribution < -0.4 is 20.1 Å². The molecule has 0 saturated carbocycles. The molecule has 2 aromatic carbocycles. The number of halogens is 3. The maximum atomic E-state index is 12.6.